The first-order chi connectivity index (χ1) is 11.5. The predicted molar refractivity (Wildman–Crippen MR) is 92.8 cm³/mol. The summed E-state index contributed by atoms with van der Waals surface area (Å²) in [5.41, 5.74) is 1.10. The Morgan fingerprint density at radius 1 is 1.25 bits per heavy atom. The van der Waals surface area contributed by atoms with Crippen molar-refractivity contribution < 1.29 is 13.2 Å². The Bertz CT molecular complexity index is 1020. The van der Waals surface area contributed by atoms with Crippen LogP contribution in [0.2, 0.25) is 0 Å². The molecule has 0 aliphatic carbocycles. The summed E-state index contributed by atoms with van der Waals surface area (Å²) in [6.07, 6.45) is 0. The summed E-state index contributed by atoms with van der Waals surface area (Å²) in [7, 11) is -3.75. The average Bonchev–Trinajstić information content (AvgIpc) is 2.96. The van der Waals surface area contributed by atoms with Gasteiger partial charge in [-0.3, -0.25) is 4.72 Å². The smallest absolute Gasteiger partial charge is 0.263 e. The van der Waals surface area contributed by atoms with Gasteiger partial charge >= 0.3 is 0 Å². The number of hydrogen-bond donors (Lipinski definition) is 1. The highest BCUT2D eigenvalue weighted by atomic mass is 32.2. The number of fused-ring (bicyclic) bond motifs is 1. The maximum Gasteiger partial charge on any atom is 0.263 e. The fourth-order valence-electron chi connectivity index (χ4n) is 2.09. The van der Waals surface area contributed by atoms with Gasteiger partial charge in [0.1, 0.15) is 5.75 Å². The van der Waals surface area contributed by atoms with Crippen LogP contribution in [0.25, 0.3) is 10.2 Å². The molecule has 1 heterocycles. The van der Waals surface area contributed by atoms with Crippen LogP contribution in [0.4, 0.5) is 5.13 Å². The molecular weight excluding hydrogens is 346 g/mol. The van der Waals surface area contributed by atoms with Gasteiger partial charge in [-0.2, -0.15) is 5.26 Å². The van der Waals surface area contributed by atoms with E-state index in [9.17, 15) is 8.42 Å². The normalized spacial score (nSPS) is 11.2. The molecule has 0 unspecified atom stereocenters. The predicted octanol–water partition coefficient (Wildman–Crippen LogP) is 3.37. The van der Waals surface area contributed by atoms with E-state index in [1.807, 2.05) is 19.1 Å². The summed E-state index contributed by atoms with van der Waals surface area (Å²) in [5.74, 6) is 0.718. The third-order valence-corrected chi connectivity index (χ3v) is 5.60. The van der Waals surface area contributed by atoms with Crippen LogP contribution in [0, 0.1) is 11.3 Å². The van der Waals surface area contributed by atoms with Gasteiger partial charge in [0.05, 0.1) is 33.4 Å². The second-order valence-corrected chi connectivity index (χ2v) is 7.54. The van der Waals surface area contributed by atoms with Gasteiger partial charge in [-0.05, 0) is 49.4 Å². The van der Waals surface area contributed by atoms with Crippen LogP contribution in [-0.2, 0) is 10.0 Å². The highest BCUT2D eigenvalue weighted by Gasteiger charge is 2.16. The Morgan fingerprint density at radius 3 is 2.67 bits per heavy atom. The molecule has 0 atom stereocenters. The van der Waals surface area contributed by atoms with Crippen LogP contribution in [0.5, 0.6) is 5.75 Å². The second-order valence-electron chi connectivity index (χ2n) is 4.82. The Balaban J connectivity index is 1.88. The van der Waals surface area contributed by atoms with Crippen molar-refractivity contribution in [1.29, 1.82) is 5.26 Å². The van der Waals surface area contributed by atoms with Crippen molar-refractivity contribution in [3.8, 4) is 11.8 Å². The lowest BCUT2D eigenvalue weighted by Gasteiger charge is -2.04. The Labute approximate surface area is 143 Å². The summed E-state index contributed by atoms with van der Waals surface area (Å²) in [6.45, 7) is 2.45. The Hall–Kier alpha value is -2.63. The molecule has 3 rings (SSSR count). The molecular formula is C16H13N3O3S2. The Morgan fingerprint density at radius 2 is 2.00 bits per heavy atom. The topological polar surface area (TPSA) is 92.1 Å². The van der Waals surface area contributed by atoms with E-state index in [-0.39, 0.29) is 10.0 Å². The van der Waals surface area contributed by atoms with E-state index in [0.717, 1.165) is 10.4 Å². The summed E-state index contributed by atoms with van der Waals surface area (Å²) in [6, 6.07) is 13.1. The van der Waals surface area contributed by atoms with Gasteiger partial charge in [0.25, 0.3) is 10.0 Å². The van der Waals surface area contributed by atoms with Crippen molar-refractivity contribution >= 4 is 36.7 Å². The molecule has 0 aliphatic heterocycles. The largest absolute Gasteiger partial charge is 0.494 e. The van der Waals surface area contributed by atoms with Crippen molar-refractivity contribution in [2.24, 2.45) is 0 Å². The van der Waals surface area contributed by atoms with E-state index in [2.05, 4.69) is 9.71 Å². The van der Waals surface area contributed by atoms with Crippen molar-refractivity contribution in [3.05, 3.63) is 48.0 Å². The first-order valence-electron chi connectivity index (χ1n) is 7.08. The molecule has 6 nitrogen and oxygen atoms in total. The van der Waals surface area contributed by atoms with Crippen LogP contribution >= 0.6 is 11.3 Å². The minimum absolute atomic E-state index is 0.0794. The standard InChI is InChI=1S/C16H13N3O3S2/c1-2-22-12-5-8-14-15(9-12)23-16(18-14)19-24(20,21)13-6-3-11(10-17)4-7-13/h3-9H,2H2,1H3,(H,18,19). The molecule has 122 valence electrons. The molecule has 0 bridgehead atoms. The van der Waals surface area contributed by atoms with E-state index in [1.54, 1.807) is 12.1 Å². The van der Waals surface area contributed by atoms with Crippen molar-refractivity contribution in [1.82, 2.24) is 4.98 Å². The average molecular weight is 359 g/mol. The number of benzene rings is 2. The lowest BCUT2D eigenvalue weighted by atomic mass is 10.2. The van der Waals surface area contributed by atoms with E-state index in [1.165, 1.54) is 35.6 Å². The quantitative estimate of drug-likeness (QED) is 0.754. The molecule has 0 radical (unpaired) electrons. The summed E-state index contributed by atoms with van der Waals surface area (Å²) in [4.78, 5) is 4.36. The number of aromatic nitrogens is 1. The fourth-order valence-corrected chi connectivity index (χ4v) is 4.22. The monoisotopic (exact) mass is 359 g/mol. The molecule has 0 saturated heterocycles. The first-order valence-corrected chi connectivity index (χ1v) is 9.38. The van der Waals surface area contributed by atoms with E-state index >= 15 is 0 Å². The molecule has 1 N–H and O–H groups in total. The zero-order valence-corrected chi connectivity index (χ0v) is 14.3. The van der Waals surface area contributed by atoms with Crippen molar-refractivity contribution in [2.75, 3.05) is 11.3 Å². The molecule has 0 amide bonds. The molecule has 0 fully saturated rings. The van der Waals surface area contributed by atoms with Gasteiger partial charge in [-0.1, -0.05) is 11.3 Å². The molecule has 0 saturated carbocycles. The number of nitrogens with one attached hydrogen (secondary N) is 1. The minimum atomic E-state index is -3.75. The lowest BCUT2D eigenvalue weighted by molar-refractivity contribution is 0.341. The fraction of sp³-hybridized carbons (Fsp3) is 0.125. The molecule has 2 aromatic carbocycles. The van der Waals surface area contributed by atoms with Crippen molar-refractivity contribution in [2.45, 2.75) is 11.8 Å². The molecule has 0 spiro atoms. The van der Waals surface area contributed by atoms with Gasteiger partial charge in [0.15, 0.2) is 5.13 Å². The number of nitriles is 1. The van der Waals surface area contributed by atoms with Crippen LogP contribution in [-0.4, -0.2) is 20.0 Å². The summed E-state index contributed by atoms with van der Waals surface area (Å²) < 4.78 is 33.5. The first kappa shape index (κ1) is 16.2. The molecule has 0 aliphatic rings. The van der Waals surface area contributed by atoms with E-state index < -0.39 is 10.0 Å². The number of ether oxygens (including phenoxy) is 1. The van der Waals surface area contributed by atoms with Gasteiger partial charge in [0, 0.05) is 0 Å². The number of hydrogen-bond acceptors (Lipinski definition) is 6. The maximum atomic E-state index is 12.4. The molecule has 3 aromatic rings. The molecule has 24 heavy (non-hydrogen) atoms. The molecule has 1 aromatic heterocycles. The highest BCUT2D eigenvalue weighted by molar-refractivity contribution is 7.93. The number of sulfonamides is 1. The number of anilines is 1. The van der Waals surface area contributed by atoms with Gasteiger partial charge < -0.3 is 4.74 Å². The van der Waals surface area contributed by atoms with Crippen molar-refractivity contribution in [3.63, 3.8) is 0 Å². The number of nitrogens with zero attached hydrogens (tertiary/aromatic N) is 2. The number of rotatable bonds is 5. The third-order valence-electron chi connectivity index (χ3n) is 3.19. The van der Waals surface area contributed by atoms with Gasteiger partial charge in [0.2, 0.25) is 0 Å². The molecule has 8 heteroatoms. The van der Waals surface area contributed by atoms with E-state index in [0.29, 0.717) is 17.7 Å². The third kappa shape index (κ3) is 3.32. The van der Waals surface area contributed by atoms with Gasteiger partial charge in [-0.15, -0.1) is 0 Å². The van der Waals surface area contributed by atoms with E-state index in [4.69, 9.17) is 10.00 Å². The zero-order chi connectivity index (χ0) is 17.2. The van der Waals surface area contributed by atoms with Crippen LogP contribution < -0.4 is 9.46 Å². The lowest BCUT2D eigenvalue weighted by Crippen LogP contribution is -2.12. The maximum absolute atomic E-state index is 12.4. The highest BCUT2D eigenvalue weighted by Crippen LogP contribution is 2.30. The second kappa shape index (κ2) is 6.47. The van der Waals surface area contributed by atoms with Gasteiger partial charge in [-0.25, -0.2) is 13.4 Å². The minimum Gasteiger partial charge on any atom is -0.494 e. The van der Waals surface area contributed by atoms with Crippen LogP contribution in [0.1, 0.15) is 12.5 Å². The Kier molecular flexibility index (Phi) is 4.38. The van der Waals surface area contributed by atoms with Crippen LogP contribution in [0.15, 0.2) is 47.4 Å². The zero-order valence-electron chi connectivity index (χ0n) is 12.7. The SMILES string of the molecule is CCOc1ccc2nc(NS(=O)(=O)c3ccc(C#N)cc3)sc2c1. The van der Waals surface area contributed by atoms with Crippen LogP contribution in [0.3, 0.4) is 0 Å². The summed E-state index contributed by atoms with van der Waals surface area (Å²) >= 11 is 1.23. The number of thiazole rings is 1. The summed E-state index contributed by atoms with van der Waals surface area (Å²) in [5, 5.41) is 9.05.